The molecule has 26 heavy (non-hydrogen) atoms. The van der Waals surface area contributed by atoms with E-state index in [1.165, 1.54) is 6.07 Å². The van der Waals surface area contributed by atoms with Crippen molar-refractivity contribution in [2.75, 3.05) is 0 Å². The third-order valence-electron chi connectivity index (χ3n) is 3.78. The molecule has 0 aliphatic rings. The number of benzene rings is 2. The molecule has 0 saturated heterocycles. The third kappa shape index (κ3) is 3.30. The predicted octanol–water partition coefficient (Wildman–Crippen LogP) is 5.72. The van der Waals surface area contributed by atoms with Crippen molar-refractivity contribution in [3.63, 3.8) is 0 Å². The molecule has 2 aromatic heterocycles. The summed E-state index contributed by atoms with van der Waals surface area (Å²) in [5.74, 6) is 1.13. The SMILES string of the molecule is Fc1cccc(Cl)c1-c1nc(-c2ccc(Oc3ccccc3)nc2)c[nH]1. The average molecular weight is 366 g/mol. The van der Waals surface area contributed by atoms with Crippen LogP contribution in [0.25, 0.3) is 22.6 Å². The molecule has 0 aliphatic carbocycles. The van der Waals surface area contributed by atoms with Gasteiger partial charge in [-0.1, -0.05) is 35.9 Å². The molecule has 128 valence electrons. The summed E-state index contributed by atoms with van der Waals surface area (Å²) in [5.41, 5.74) is 1.66. The van der Waals surface area contributed by atoms with Gasteiger partial charge >= 0.3 is 0 Å². The molecule has 2 aromatic carbocycles. The molecule has 0 unspecified atom stereocenters. The van der Waals surface area contributed by atoms with Crippen LogP contribution < -0.4 is 4.74 Å². The fourth-order valence-corrected chi connectivity index (χ4v) is 2.78. The first-order valence-electron chi connectivity index (χ1n) is 7.90. The van der Waals surface area contributed by atoms with Gasteiger partial charge in [0, 0.05) is 24.0 Å². The van der Waals surface area contributed by atoms with Crippen molar-refractivity contribution >= 4 is 11.6 Å². The van der Waals surface area contributed by atoms with Crippen molar-refractivity contribution in [1.29, 1.82) is 0 Å². The largest absolute Gasteiger partial charge is 0.439 e. The summed E-state index contributed by atoms with van der Waals surface area (Å²) in [7, 11) is 0. The van der Waals surface area contributed by atoms with Crippen molar-refractivity contribution in [1.82, 2.24) is 15.0 Å². The minimum absolute atomic E-state index is 0.248. The molecule has 0 amide bonds. The number of imidazole rings is 1. The Labute approximate surface area is 154 Å². The van der Waals surface area contributed by atoms with E-state index in [9.17, 15) is 4.39 Å². The van der Waals surface area contributed by atoms with Crippen molar-refractivity contribution in [3.8, 4) is 34.3 Å². The van der Waals surface area contributed by atoms with Crippen molar-refractivity contribution in [3.05, 3.63) is 83.9 Å². The van der Waals surface area contributed by atoms with Gasteiger partial charge in [-0.15, -0.1) is 0 Å². The van der Waals surface area contributed by atoms with Crippen molar-refractivity contribution < 1.29 is 9.13 Å². The molecule has 0 bridgehead atoms. The number of para-hydroxylation sites is 1. The van der Waals surface area contributed by atoms with Crippen LogP contribution in [0.3, 0.4) is 0 Å². The van der Waals surface area contributed by atoms with Gasteiger partial charge in [0.05, 0.1) is 16.3 Å². The quantitative estimate of drug-likeness (QED) is 0.503. The summed E-state index contributed by atoms with van der Waals surface area (Å²) < 4.78 is 19.7. The van der Waals surface area contributed by atoms with Crippen LogP contribution in [0.4, 0.5) is 4.39 Å². The van der Waals surface area contributed by atoms with Gasteiger partial charge < -0.3 is 9.72 Å². The molecule has 4 aromatic rings. The fourth-order valence-electron chi connectivity index (χ4n) is 2.52. The Kier molecular flexibility index (Phi) is 4.37. The van der Waals surface area contributed by atoms with Crippen molar-refractivity contribution in [2.45, 2.75) is 0 Å². The number of pyridine rings is 1. The number of hydrogen-bond acceptors (Lipinski definition) is 3. The van der Waals surface area contributed by atoms with E-state index >= 15 is 0 Å². The van der Waals surface area contributed by atoms with E-state index in [1.54, 1.807) is 30.6 Å². The highest BCUT2D eigenvalue weighted by Crippen LogP contribution is 2.30. The van der Waals surface area contributed by atoms with E-state index in [0.717, 1.165) is 5.56 Å². The Hall–Kier alpha value is -3.18. The topological polar surface area (TPSA) is 50.8 Å². The molecular weight excluding hydrogens is 353 g/mol. The summed E-state index contributed by atoms with van der Waals surface area (Å²) in [6, 6.07) is 17.5. The summed E-state index contributed by atoms with van der Waals surface area (Å²) in [6.45, 7) is 0. The third-order valence-corrected chi connectivity index (χ3v) is 4.09. The standard InChI is InChI=1S/C20H13ClFN3O/c21-15-7-4-8-16(22)19(15)20-24-12-17(25-20)13-9-10-18(23-11-13)26-14-5-2-1-3-6-14/h1-12H,(H,24,25). The Morgan fingerprint density at radius 1 is 0.962 bits per heavy atom. The van der Waals surface area contributed by atoms with E-state index in [2.05, 4.69) is 15.0 Å². The van der Waals surface area contributed by atoms with E-state index in [1.807, 2.05) is 36.4 Å². The molecule has 0 spiro atoms. The molecule has 4 rings (SSSR count). The first-order valence-corrected chi connectivity index (χ1v) is 8.27. The second-order valence-electron chi connectivity index (χ2n) is 5.53. The highest BCUT2D eigenvalue weighted by atomic mass is 35.5. The lowest BCUT2D eigenvalue weighted by Gasteiger charge is -2.04. The van der Waals surface area contributed by atoms with Gasteiger partial charge in [-0.3, -0.25) is 0 Å². The van der Waals surface area contributed by atoms with Crippen LogP contribution in [0.5, 0.6) is 11.6 Å². The predicted molar refractivity (Wildman–Crippen MR) is 98.7 cm³/mol. The summed E-state index contributed by atoms with van der Waals surface area (Å²) in [5, 5.41) is 0.302. The van der Waals surface area contributed by atoms with Gasteiger partial charge in [0.25, 0.3) is 0 Å². The van der Waals surface area contributed by atoms with Crippen LogP contribution >= 0.6 is 11.6 Å². The average Bonchev–Trinajstić information content (AvgIpc) is 3.13. The highest BCUT2D eigenvalue weighted by molar-refractivity contribution is 6.33. The number of aromatic nitrogens is 3. The monoisotopic (exact) mass is 365 g/mol. The Morgan fingerprint density at radius 2 is 1.81 bits per heavy atom. The maximum atomic E-state index is 14.0. The zero-order valence-corrected chi connectivity index (χ0v) is 14.2. The Morgan fingerprint density at radius 3 is 2.54 bits per heavy atom. The van der Waals surface area contributed by atoms with Crippen LogP contribution in [0.1, 0.15) is 0 Å². The number of hydrogen-bond donors (Lipinski definition) is 1. The minimum atomic E-state index is -0.428. The maximum Gasteiger partial charge on any atom is 0.219 e. The lowest BCUT2D eigenvalue weighted by Crippen LogP contribution is -1.89. The first-order chi connectivity index (χ1) is 12.7. The van der Waals surface area contributed by atoms with E-state index in [0.29, 0.717) is 28.2 Å². The lowest BCUT2D eigenvalue weighted by atomic mass is 10.2. The molecule has 0 radical (unpaired) electrons. The molecule has 0 aliphatic heterocycles. The molecule has 1 N–H and O–H groups in total. The summed E-state index contributed by atoms with van der Waals surface area (Å²) >= 11 is 6.09. The zero-order valence-electron chi connectivity index (χ0n) is 13.5. The number of rotatable bonds is 4. The van der Waals surface area contributed by atoms with Crippen LogP contribution in [-0.2, 0) is 0 Å². The smallest absolute Gasteiger partial charge is 0.219 e. The molecule has 0 atom stereocenters. The van der Waals surface area contributed by atoms with Crippen LogP contribution in [0.15, 0.2) is 73.1 Å². The summed E-state index contributed by atoms with van der Waals surface area (Å²) in [4.78, 5) is 11.7. The number of halogens is 2. The Balaban J connectivity index is 1.58. The maximum absolute atomic E-state index is 14.0. The highest BCUT2D eigenvalue weighted by Gasteiger charge is 2.14. The molecule has 4 nitrogen and oxygen atoms in total. The summed E-state index contributed by atoms with van der Waals surface area (Å²) in [6.07, 6.45) is 3.34. The van der Waals surface area contributed by atoms with Crippen LogP contribution in [0, 0.1) is 5.82 Å². The second kappa shape index (κ2) is 6.98. The van der Waals surface area contributed by atoms with Crippen LogP contribution in [0.2, 0.25) is 5.02 Å². The number of aromatic amines is 1. The molecule has 2 heterocycles. The van der Waals surface area contributed by atoms with Gasteiger partial charge in [-0.25, -0.2) is 14.4 Å². The van der Waals surface area contributed by atoms with Crippen LogP contribution in [-0.4, -0.2) is 15.0 Å². The number of nitrogens with zero attached hydrogens (tertiary/aromatic N) is 2. The van der Waals surface area contributed by atoms with E-state index < -0.39 is 5.82 Å². The first kappa shape index (κ1) is 16.3. The van der Waals surface area contributed by atoms with Gasteiger partial charge in [0.1, 0.15) is 17.4 Å². The number of nitrogens with one attached hydrogen (secondary N) is 1. The molecular formula is C20H13ClFN3O. The Bertz CT molecular complexity index is 1010. The normalized spacial score (nSPS) is 10.7. The zero-order chi connectivity index (χ0) is 17.9. The fraction of sp³-hybridized carbons (Fsp3) is 0. The molecule has 0 saturated carbocycles. The van der Waals surface area contributed by atoms with Gasteiger partial charge in [-0.2, -0.15) is 0 Å². The van der Waals surface area contributed by atoms with Gasteiger partial charge in [-0.05, 0) is 30.3 Å². The van der Waals surface area contributed by atoms with Crippen molar-refractivity contribution in [2.24, 2.45) is 0 Å². The lowest BCUT2D eigenvalue weighted by molar-refractivity contribution is 0.463. The molecule has 0 fully saturated rings. The van der Waals surface area contributed by atoms with E-state index in [-0.39, 0.29) is 5.56 Å². The second-order valence-corrected chi connectivity index (χ2v) is 5.94. The molecule has 6 heteroatoms. The minimum Gasteiger partial charge on any atom is -0.439 e. The van der Waals surface area contributed by atoms with Gasteiger partial charge in [0.15, 0.2) is 0 Å². The number of H-pyrrole nitrogens is 1. The number of ether oxygens (including phenoxy) is 1. The van der Waals surface area contributed by atoms with E-state index in [4.69, 9.17) is 16.3 Å². The van der Waals surface area contributed by atoms with Gasteiger partial charge in [0.2, 0.25) is 5.88 Å².